The number of rotatable bonds is 7. The molecule has 2 N–H and O–H groups in total. The van der Waals surface area contributed by atoms with Crippen LogP contribution in [0.4, 0.5) is 14.0 Å². The maximum atomic E-state index is 14.7. The first-order valence-corrected chi connectivity index (χ1v) is 21.9. The van der Waals surface area contributed by atoms with Gasteiger partial charge in [0.15, 0.2) is 0 Å². The quantitative estimate of drug-likeness (QED) is 0.300. The minimum atomic E-state index is -4.49. The Morgan fingerprint density at radius 1 is 1.05 bits per heavy atom. The van der Waals surface area contributed by atoms with Crippen molar-refractivity contribution in [3.8, 4) is 0 Å². The first kappa shape index (κ1) is 44.1. The zero-order valence-electron chi connectivity index (χ0n) is 32.8. The summed E-state index contributed by atoms with van der Waals surface area (Å²) in [7, 11) is -4.49. The summed E-state index contributed by atoms with van der Waals surface area (Å²) in [6, 6.07) is 1.44. The fourth-order valence-corrected chi connectivity index (χ4v) is 9.74. The van der Waals surface area contributed by atoms with Gasteiger partial charge in [-0.1, -0.05) is 24.3 Å². The van der Waals surface area contributed by atoms with E-state index < -0.39 is 116 Å². The van der Waals surface area contributed by atoms with E-state index in [1.54, 1.807) is 39.0 Å². The molecule has 5 aliphatic rings. The van der Waals surface area contributed by atoms with Crippen LogP contribution in [0.5, 0.6) is 0 Å². The van der Waals surface area contributed by atoms with Gasteiger partial charge in [-0.25, -0.2) is 22.4 Å². The minimum absolute atomic E-state index is 0.0400. The van der Waals surface area contributed by atoms with Crippen LogP contribution in [0.3, 0.4) is 0 Å². The molecule has 5 atom stereocenters. The number of amides is 7. The van der Waals surface area contributed by atoms with Crippen LogP contribution in [-0.4, -0.2) is 135 Å². The van der Waals surface area contributed by atoms with Crippen molar-refractivity contribution >= 4 is 74.9 Å². The number of nitrogens with one attached hydrogen (secondary N) is 2. The van der Waals surface area contributed by atoms with E-state index in [1.807, 2.05) is 0 Å². The lowest BCUT2D eigenvalue weighted by molar-refractivity contribution is -0.144. The molecule has 17 nitrogen and oxygen atoms in total. The molecule has 2 saturated carbocycles. The van der Waals surface area contributed by atoms with Crippen molar-refractivity contribution in [2.75, 3.05) is 31.4 Å². The maximum absolute atomic E-state index is 14.7. The molecule has 6 rings (SSSR count). The Morgan fingerprint density at radius 3 is 2.42 bits per heavy atom. The van der Waals surface area contributed by atoms with Gasteiger partial charge in [0, 0.05) is 31.0 Å². The molecule has 3 aliphatic heterocycles. The summed E-state index contributed by atoms with van der Waals surface area (Å²) >= 11 is 11.8. The van der Waals surface area contributed by atoms with E-state index in [1.165, 1.54) is 21.9 Å². The number of hydrogen-bond acceptors (Lipinski definition) is 11. The predicted octanol–water partition coefficient (Wildman–Crippen LogP) is 2.52. The van der Waals surface area contributed by atoms with Gasteiger partial charge < -0.3 is 29.9 Å². The number of fused-ring (bicyclic) bond motifs is 3. The Hall–Kier alpha value is -4.49. The van der Waals surface area contributed by atoms with Crippen molar-refractivity contribution in [3.05, 3.63) is 47.3 Å². The molecule has 59 heavy (non-hydrogen) atoms. The van der Waals surface area contributed by atoms with Crippen LogP contribution in [0.15, 0.2) is 30.4 Å². The lowest BCUT2D eigenvalue weighted by Gasteiger charge is -2.33. The highest BCUT2D eigenvalue weighted by atomic mass is 35.5. The largest absolute Gasteiger partial charge is 0.444 e. The second kappa shape index (κ2) is 17.2. The number of imide groups is 1. The van der Waals surface area contributed by atoms with Gasteiger partial charge in [0.2, 0.25) is 27.7 Å². The number of carbonyl (C=O) groups excluding carboxylic acids is 7. The Balaban J connectivity index is 1.35. The van der Waals surface area contributed by atoms with Crippen LogP contribution in [0.2, 0.25) is 0 Å². The molecular formula is C38H47Cl2FN6O11S. The Labute approximate surface area is 350 Å². The van der Waals surface area contributed by atoms with E-state index in [-0.39, 0.29) is 56.2 Å². The first-order valence-electron chi connectivity index (χ1n) is 19.3. The average Bonchev–Trinajstić information content (AvgIpc) is 4.05. The zero-order chi connectivity index (χ0) is 43.0. The molecule has 2 aliphatic carbocycles. The van der Waals surface area contributed by atoms with Gasteiger partial charge in [0.25, 0.3) is 11.8 Å². The lowest BCUT2D eigenvalue weighted by Crippen LogP contribution is -2.61. The molecule has 1 aromatic carbocycles. The van der Waals surface area contributed by atoms with Crippen molar-refractivity contribution in [2.24, 2.45) is 5.92 Å². The van der Waals surface area contributed by atoms with E-state index in [0.717, 1.165) is 4.90 Å². The molecule has 1 aromatic rings. The number of nitrogens with zero attached hydrogens (tertiary/aromatic N) is 4. The summed E-state index contributed by atoms with van der Waals surface area (Å²) in [6.07, 6.45) is 0.978. The van der Waals surface area contributed by atoms with E-state index in [2.05, 4.69) is 10.6 Å². The molecule has 0 aromatic heterocycles. The van der Waals surface area contributed by atoms with Crippen LogP contribution >= 0.6 is 23.2 Å². The van der Waals surface area contributed by atoms with Gasteiger partial charge in [-0.2, -0.15) is 4.31 Å². The fraction of sp³-hybridized carbons (Fsp3) is 0.605. The predicted molar refractivity (Wildman–Crippen MR) is 208 cm³/mol. The van der Waals surface area contributed by atoms with Crippen molar-refractivity contribution in [2.45, 2.75) is 107 Å². The smallest absolute Gasteiger partial charge is 0.410 e. The molecule has 3 heterocycles. The molecule has 0 spiro atoms. The summed E-state index contributed by atoms with van der Waals surface area (Å²) in [5, 5.41) is 4.20. The number of hydrogen-bond donors (Lipinski definition) is 2. The third-order valence-electron chi connectivity index (χ3n) is 10.8. The summed E-state index contributed by atoms with van der Waals surface area (Å²) in [5.74, 6) is -7.34. The number of ether oxygens (including phenoxy) is 2. The van der Waals surface area contributed by atoms with Crippen molar-refractivity contribution in [3.63, 3.8) is 0 Å². The Morgan fingerprint density at radius 2 is 1.78 bits per heavy atom. The minimum Gasteiger partial charge on any atom is -0.444 e. The number of sulfonamides is 1. The average molecular weight is 886 g/mol. The number of halogens is 3. The number of alkyl carbamates (subject to hydrolysis) is 1. The summed E-state index contributed by atoms with van der Waals surface area (Å²) < 4.78 is 52.9. The lowest BCUT2D eigenvalue weighted by atomic mass is 10.1. The monoisotopic (exact) mass is 884 g/mol. The van der Waals surface area contributed by atoms with Crippen molar-refractivity contribution in [1.29, 1.82) is 0 Å². The van der Waals surface area contributed by atoms with Gasteiger partial charge in [-0.3, -0.25) is 28.9 Å². The second-order valence-corrected chi connectivity index (χ2v) is 18.9. The standard InChI is InChI=1S/C38H47Cl2FN6O11S/c1-37(2,3)58-35(53)42-28-21-44(30(48)16-39)13-6-4-5-9-23-15-38(23,34(52)47(31(49)17-40)59(55,56)25-11-12-25)43-32(50)29-14-24(19-46(29)33(28)51)57-36(54)45-18-22-8-7-10-27(41)26(22)20-45/h5,7-10,23-25,28-29H,4,6,11-21H2,1-3H3,(H,42,53)(H,43,50)/b9-5-/t23-,24-,28+,29+,38-/m1/s1. The molecule has 3 fully saturated rings. The highest BCUT2D eigenvalue weighted by Crippen LogP contribution is 2.48. The molecule has 0 bridgehead atoms. The highest BCUT2D eigenvalue weighted by molar-refractivity contribution is 7.91. The van der Waals surface area contributed by atoms with E-state index in [0.29, 0.717) is 24.0 Å². The van der Waals surface area contributed by atoms with Crippen LogP contribution in [-0.2, 0) is 56.6 Å². The van der Waals surface area contributed by atoms with Gasteiger partial charge in [0.1, 0.15) is 46.9 Å². The highest BCUT2D eigenvalue weighted by Gasteiger charge is 2.65. The van der Waals surface area contributed by atoms with E-state index in [4.69, 9.17) is 32.7 Å². The Bertz CT molecular complexity index is 2050. The summed E-state index contributed by atoms with van der Waals surface area (Å²) in [6.45, 7) is 4.05. The third-order valence-corrected chi connectivity index (χ3v) is 13.4. The maximum Gasteiger partial charge on any atom is 0.410 e. The summed E-state index contributed by atoms with van der Waals surface area (Å²) in [5.41, 5.74) is -2.04. The molecule has 1 saturated heterocycles. The molecule has 322 valence electrons. The second-order valence-electron chi connectivity index (χ2n) is 16.3. The SMILES string of the molecule is CC(C)(C)OC(=O)N[C@H]1CN(C(=O)CCl)CCC/C=C\[C@@H]2C[C@@]2(C(=O)N(C(=O)CCl)S(=O)(=O)C2CC2)NC(=O)[C@@H]2C[C@@H](OC(=O)N3Cc4cccc(F)c4C3)CN2C1=O. The van der Waals surface area contributed by atoms with Gasteiger partial charge in [0.05, 0.1) is 24.9 Å². The zero-order valence-corrected chi connectivity index (χ0v) is 35.1. The van der Waals surface area contributed by atoms with Crippen LogP contribution < -0.4 is 10.6 Å². The number of carbonyl (C=O) groups is 7. The van der Waals surface area contributed by atoms with E-state index >= 15 is 0 Å². The Kier molecular flexibility index (Phi) is 12.9. The first-order chi connectivity index (χ1) is 27.8. The van der Waals surface area contributed by atoms with Crippen molar-refractivity contribution in [1.82, 2.24) is 29.6 Å². The van der Waals surface area contributed by atoms with Gasteiger partial charge in [-0.05, 0) is 64.5 Å². The normalized spacial score (nSPS) is 26.6. The molecular weight excluding hydrogens is 838 g/mol. The van der Waals surface area contributed by atoms with Gasteiger partial charge >= 0.3 is 12.2 Å². The topological polar surface area (TPSA) is 209 Å². The fourth-order valence-electron chi connectivity index (χ4n) is 7.61. The molecule has 0 unspecified atom stereocenters. The molecule has 0 radical (unpaired) electrons. The van der Waals surface area contributed by atoms with Crippen LogP contribution in [0.25, 0.3) is 0 Å². The van der Waals surface area contributed by atoms with Gasteiger partial charge in [-0.15, -0.1) is 23.2 Å². The molecule has 21 heteroatoms. The van der Waals surface area contributed by atoms with Crippen molar-refractivity contribution < 1.29 is 55.8 Å². The number of alkyl halides is 2. The third kappa shape index (κ3) is 9.62. The summed E-state index contributed by atoms with van der Waals surface area (Å²) in [4.78, 5) is 100. The molecule has 7 amide bonds. The number of benzene rings is 1. The number of allylic oxidation sites excluding steroid dienone is 1. The van der Waals surface area contributed by atoms with Crippen LogP contribution in [0.1, 0.15) is 70.4 Å². The van der Waals surface area contributed by atoms with E-state index in [9.17, 15) is 46.4 Å². The van der Waals surface area contributed by atoms with Crippen LogP contribution in [0, 0.1) is 11.7 Å².